The largest absolute Gasteiger partial charge is 0.444 e. The van der Waals surface area contributed by atoms with Crippen molar-refractivity contribution in [2.75, 3.05) is 6.54 Å². The molecule has 1 N–H and O–H groups in total. The summed E-state index contributed by atoms with van der Waals surface area (Å²) >= 11 is 0. The summed E-state index contributed by atoms with van der Waals surface area (Å²) in [6.45, 7) is 8.29. The van der Waals surface area contributed by atoms with E-state index >= 15 is 0 Å². The van der Waals surface area contributed by atoms with Crippen LogP contribution in [-0.2, 0) is 11.2 Å². The van der Waals surface area contributed by atoms with Crippen molar-refractivity contribution < 1.29 is 9.53 Å². The molecular weight excluding hydrogens is 250 g/mol. The number of hydrogen-bond donors (Lipinski definition) is 1. The normalized spacial score (nSPS) is 11.6. The van der Waals surface area contributed by atoms with Crippen molar-refractivity contribution in [3.8, 4) is 0 Å². The number of carbonyl (C=O) groups excluding carboxylic acids is 1. The van der Waals surface area contributed by atoms with Crippen LogP contribution in [0.1, 0.15) is 45.2 Å². The van der Waals surface area contributed by atoms with Gasteiger partial charge < -0.3 is 10.1 Å². The first-order valence-corrected chi connectivity index (χ1v) is 7.13. The minimum absolute atomic E-state index is 0.362. The van der Waals surface area contributed by atoms with E-state index < -0.39 is 5.60 Å². The number of nitrogens with one attached hydrogen (secondary N) is 1. The van der Waals surface area contributed by atoms with Crippen LogP contribution in [0.15, 0.2) is 30.3 Å². The molecule has 1 rings (SSSR count). The molecule has 0 radical (unpaired) electrons. The Kier molecular flexibility index (Phi) is 6.29. The van der Waals surface area contributed by atoms with Crippen LogP contribution in [0.3, 0.4) is 0 Å². The van der Waals surface area contributed by atoms with E-state index in [2.05, 4.69) is 48.7 Å². The molecule has 0 aliphatic heterocycles. The van der Waals surface area contributed by atoms with Gasteiger partial charge in [0.2, 0.25) is 0 Å². The molecule has 110 valence electrons. The Hall–Kier alpha value is -1.77. The predicted octanol–water partition coefficient (Wildman–Crippen LogP) is 4.18. The van der Waals surface area contributed by atoms with Gasteiger partial charge in [0, 0.05) is 6.54 Å². The number of ether oxygens (including phenoxy) is 1. The number of alkyl carbamates (subject to hydrolysis) is 1. The molecule has 0 unspecified atom stereocenters. The molecule has 0 saturated carbocycles. The smallest absolute Gasteiger partial charge is 0.407 e. The average Bonchev–Trinajstić information content (AvgIpc) is 2.36. The summed E-state index contributed by atoms with van der Waals surface area (Å²) in [5.74, 6) is 0. The maximum Gasteiger partial charge on any atom is 0.407 e. The van der Waals surface area contributed by atoms with E-state index in [-0.39, 0.29) is 6.09 Å². The van der Waals surface area contributed by atoms with Crippen molar-refractivity contribution in [3.63, 3.8) is 0 Å². The van der Waals surface area contributed by atoms with Crippen LogP contribution in [0, 0.1) is 0 Å². The van der Waals surface area contributed by atoms with E-state index in [0.29, 0.717) is 6.54 Å². The van der Waals surface area contributed by atoms with Crippen molar-refractivity contribution >= 4 is 12.2 Å². The molecule has 3 nitrogen and oxygen atoms in total. The summed E-state index contributed by atoms with van der Waals surface area (Å²) in [5, 5.41) is 2.74. The molecule has 1 aromatic rings. The fourth-order valence-corrected chi connectivity index (χ4v) is 1.71. The highest BCUT2D eigenvalue weighted by Crippen LogP contribution is 2.08. The van der Waals surface area contributed by atoms with Crippen LogP contribution in [0.2, 0.25) is 0 Å². The maximum atomic E-state index is 11.4. The minimum Gasteiger partial charge on any atom is -0.444 e. The molecule has 0 aromatic heterocycles. The molecule has 0 aliphatic carbocycles. The maximum absolute atomic E-state index is 11.4. The van der Waals surface area contributed by atoms with Crippen molar-refractivity contribution in [2.45, 2.75) is 46.1 Å². The number of aryl methyl sites for hydroxylation is 1. The van der Waals surface area contributed by atoms with Gasteiger partial charge in [-0.1, -0.05) is 43.3 Å². The van der Waals surface area contributed by atoms with Crippen molar-refractivity contribution in [1.82, 2.24) is 5.32 Å². The summed E-state index contributed by atoms with van der Waals surface area (Å²) in [5.41, 5.74) is 2.08. The zero-order valence-electron chi connectivity index (χ0n) is 12.9. The van der Waals surface area contributed by atoms with Gasteiger partial charge in [-0.3, -0.25) is 0 Å². The Bertz CT molecular complexity index is 458. The van der Waals surface area contributed by atoms with E-state index in [4.69, 9.17) is 4.74 Å². The zero-order valence-corrected chi connectivity index (χ0v) is 12.9. The molecule has 0 fully saturated rings. The lowest BCUT2D eigenvalue weighted by molar-refractivity contribution is 0.0529. The van der Waals surface area contributed by atoms with Gasteiger partial charge in [-0.25, -0.2) is 4.79 Å². The molecule has 1 aromatic carbocycles. The van der Waals surface area contributed by atoms with E-state index in [1.807, 2.05) is 20.8 Å². The van der Waals surface area contributed by atoms with Crippen LogP contribution in [0.5, 0.6) is 0 Å². The highest BCUT2D eigenvalue weighted by atomic mass is 16.6. The third-order valence-electron chi connectivity index (χ3n) is 2.65. The fraction of sp³-hybridized carbons (Fsp3) is 0.471. The third kappa shape index (κ3) is 6.98. The number of hydrogen-bond acceptors (Lipinski definition) is 2. The quantitative estimate of drug-likeness (QED) is 0.819. The Balaban J connectivity index is 2.30. The summed E-state index contributed by atoms with van der Waals surface area (Å²) < 4.78 is 5.16. The van der Waals surface area contributed by atoms with Gasteiger partial charge in [0.05, 0.1) is 0 Å². The SMILES string of the molecule is CCc1cccc(C=CCCNC(=O)OC(C)(C)C)c1. The molecule has 3 heteroatoms. The third-order valence-corrected chi connectivity index (χ3v) is 2.65. The predicted molar refractivity (Wildman–Crippen MR) is 83.7 cm³/mol. The second-order valence-corrected chi connectivity index (χ2v) is 5.72. The molecular formula is C17H25NO2. The van der Waals surface area contributed by atoms with Crippen LogP contribution in [-0.4, -0.2) is 18.2 Å². The summed E-state index contributed by atoms with van der Waals surface area (Å²) in [7, 11) is 0. The van der Waals surface area contributed by atoms with Crippen molar-refractivity contribution in [3.05, 3.63) is 41.5 Å². The van der Waals surface area contributed by atoms with E-state index in [0.717, 1.165) is 12.8 Å². The van der Waals surface area contributed by atoms with Gasteiger partial charge in [-0.2, -0.15) is 0 Å². The Morgan fingerprint density at radius 2 is 2.10 bits per heavy atom. The number of benzene rings is 1. The van der Waals surface area contributed by atoms with Gasteiger partial charge in [0.25, 0.3) is 0 Å². The van der Waals surface area contributed by atoms with E-state index in [9.17, 15) is 4.79 Å². The van der Waals surface area contributed by atoms with Gasteiger partial charge >= 0.3 is 6.09 Å². The second kappa shape index (κ2) is 7.73. The van der Waals surface area contributed by atoms with Crippen LogP contribution in [0.4, 0.5) is 4.79 Å². The van der Waals surface area contributed by atoms with Gasteiger partial charge in [0.1, 0.15) is 5.60 Å². The Morgan fingerprint density at radius 1 is 1.35 bits per heavy atom. The van der Waals surface area contributed by atoms with Crippen LogP contribution >= 0.6 is 0 Å². The number of rotatable bonds is 5. The van der Waals surface area contributed by atoms with Crippen molar-refractivity contribution in [1.29, 1.82) is 0 Å². The topological polar surface area (TPSA) is 38.3 Å². The molecule has 0 bridgehead atoms. The molecule has 0 saturated heterocycles. The van der Waals surface area contributed by atoms with E-state index in [1.54, 1.807) is 0 Å². The lowest BCUT2D eigenvalue weighted by atomic mass is 10.1. The summed E-state index contributed by atoms with van der Waals surface area (Å²) in [6.07, 6.45) is 5.61. The summed E-state index contributed by atoms with van der Waals surface area (Å²) in [6, 6.07) is 8.45. The molecule has 0 atom stereocenters. The minimum atomic E-state index is -0.444. The first kappa shape index (κ1) is 16.3. The van der Waals surface area contributed by atoms with Gasteiger partial charge in [0.15, 0.2) is 0 Å². The standard InChI is InChI=1S/C17H25NO2/c1-5-14-10-8-11-15(13-14)9-6-7-12-18-16(19)20-17(2,3)4/h6,8-11,13H,5,7,12H2,1-4H3,(H,18,19). The van der Waals surface area contributed by atoms with Gasteiger partial charge in [-0.15, -0.1) is 0 Å². The summed E-state index contributed by atoms with van der Waals surface area (Å²) in [4.78, 5) is 11.4. The number of carbonyl (C=O) groups is 1. The lowest BCUT2D eigenvalue weighted by Crippen LogP contribution is -2.32. The monoisotopic (exact) mass is 275 g/mol. The van der Waals surface area contributed by atoms with E-state index in [1.165, 1.54) is 11.1 Å². The molecule has 20 heavy (non-hydrogen) atoms. The van der Waals surface area contributed by atoms with Crippen molar-refractivity contribution in [2.24, 2.45) is 0 Å². The fourth-order valence-electron chi connectivity index (χ4n) is 1.71. The van der Waals surface area contributed by atoms with Crippen LogP contribution in [0.25, 0.3) is 6.08 Å². The molecule has 0 spiro atoms. The Morgan fingerprint density at radius 3 is 2.75 bits per heavy atom. The first-order chi connectivity index (χ1) is 9.40. The first-order valence-electron chi connectivity index (χ1n) is 7.13. The molecule has 0 aliphatic rings. The average molecular weight is 275 g/mol. The Labute approximate surface area is 122 Å². The zero-order chi connectivity index (χ0) is 15.0. The number of amides is 1. The highest BCUT2D eigenvalue weighted by Gasteiger charge is 2.14. The second-order valence-electron chi connectivity index (χ2n) is 5.72. The van der Waals surface area contributed by atoms with Gasteiger partial charge in [-0.05, 0) is 44.7 Å². The lowest BCUT2D eigenvalue weighted by Gasteiger charge is -2.19. The molecule has 1 amide bonds. The highest BCUT2D eigenvalue weighted by molar-refractivity contribution is 5.67. The molecule has 0 heterocycles. The van der Waals surface area contributed by atoms with Crippen LogP contribution < -0.4 is 5.32 Å².